The summed E-state index contributed by atoms with van der Waals surface area (Å²) in [5.41, 5.74) is 0.870. The normalized spacial score (nSPS) is 25.3. The van der Waals surface area contributed by atoms with E-state index in [9.17, 15) is 9.50 Å². The number of hydrogen-bond acceptors (Lipinski definition) is 1. The Hall–Kier alpha value is -0.410. The second-order valence-electron chi connectivity index (χ2n) is 5.40. The van der Waals surface area contributed by atoms with Crippen LogP contribution in [0.25, 0.3) is 0 Å². The molecule has 1 nitrogen and oxygen atoms in total. The van der Waals surface area contributed by atoms with Crippen LogP contribution in [0.1, 0.15) is 38.2 Å². The van der Waals surface area contributed by atoms with Crippen molar-refractivity contribution in [2.24, 2.45) is 11.8 Å². The van der Waals surface area contributed by atoms with Crippen molar-refractivity contribution in [3.63, 3.8) is 0 Å². The molecule has 18 heavy (non-hydrogen) atoms. The predicted molar refractivity (Wildman–Crippen MR) is 74.9 cm³/mol. The second-order valence-corrected chi connectivity index (χ2v) is 6.31. The van der Waals surface area contributed by atoms with E-state index in [4.69, 9.17) is 0 Å². The lowest BCUT2D eigenvalue weighted by Crippen LogP contribution is -2.20. The van der Waals surface area contributed by atoms with Crippen LogP contribution in [0.15, 0.2) is 22.7 Å². The first-order valence-electron chi connectivity index (χ1n) is 6.71. The number of aliphatic hydroxyl groups excluding tert-OH is 1. The van der Waals surface area contributed by atoms with E-state index in [2.05, 4.69) is 22.9 Å². The summed E-state index contributed by atoms with van der Waals surface area (Å²) in [6.07, 6.45) is 4.87. The molecule has 0 spiro atoms. The molecule has 1 fully saturated rings. The Balaban J connectivity index is 1.96. The molecule has 0 radical (unpaired) electrons. The first-order chi connectivity index (χ1) is 8.58. The van der Waals surface area contributed by atoms with Gasteiger partial charge in [-0.15, -0.1) is 0 Å². The minimum atomic E-state index is -0.338. The molecule has 1 saturated carbocycles. The zero-order valence-corrected chi connectivity index (χ0v) is 12.3. The van der Waals surface area contributed by atoms with Gasteiger partial charge in [-0.05, 0) is 54.9 Å². The third-order valence-corrected chi connectivity index (χ3v) is 4.53. The van der Waals surface area contributed by atoms with E-state index >= 15 is 0 Å². The van der Waals surface area contributed by atoms with E-state index in [1.54, 1.807) is 0 Å². The molecular weight excluding hydrogens is 295 g/mol. The molecule has 0 bridgehead atoms. The molecule has 1 N–H and O–H groups in total. The molecule has 3 atom stereocenters. The molecule has 3 unspecified atom stereocenters. The van der Waals surface area contributed by atoms with E-state index < -0.39 is 0 Å². The van der Waals surface area contributed by atoms with Crippen molar-refractivity contribution in [1.82, 2.24) is 0 Å². The van der Waals surface area contributed by atoms with Crippen molar-refractivity contribution in [3.05, 3.63) is 34.1 Å². The first kappa shape index (κ1) is 14.0. The second kappa shape index (κ2) is 6.16. The number of rotatable bonds is 4. The van der Waals surface area contributed by atoms with Crippen LogP contribution in [0, 0.1) is 17.7 Å². The van der Waals surface area contributed by atoms with Crippen LogP contribution in [-0.2, 0) is 6.42 Å². The monoisotopic (exact) mass is 314 g/mol. The van der Waals surface area contributed by atoms with Crippen LogP contribution in [0.5, 0.6) is 0 Å². The zero-order chi connectivity index (χ0) is 13.1. The maximum atomic E-state index is 13.3. The molecule has 1 aromatic rings. The Morgan fingerprint density at radius 1 is 1.39 bits per heavy atom. The van der Waals surface area contributed by atoms with Gasteiger partial charge in [-0.25, -0.2) is 4.39 Å². The Morgan fingerprint density at radius 2 is 2.17 bits per heavy atom. The van der Waals surface area contributed by atoms with Gasteiger partial charge in [0.25, 0.3) is 0 Å². The highest BCUT2D eigenvalue weighted by molar-refractivity contribution is 9.10. The van der Waals surface area contributed by atoms with Crippen molar-refractivity contribution >= 4 is 15.9 Å². The van der Waals surface area contributed by atoms with Crippen LogP contribution in [0.2, 0.25) is 0 Å². The molecule has 0 heterocycles. The van der Waals surface area contributed by atoms with Gasteiger partial charge in [0, 0.05) is 4.47 Å². The highest BCUT2D eigenvalue weighted by atomic mass is 79.9. The van der Waals surface area contributed by atoms with E-state index in [-0.39, 0.29) is 11.9 Å². The number of benzene rings is 1. The van der Waals surface area contributed by atoms with Crippen LogP contribution in [0.3, 0.4) is 0 Å². The van der Waals surface area contributed by atoms with Gasteiger partial charge in [0.05, 0.1) is 6.10 Å². The van der Waals surface area contributed by atoms with Crippen LogP contribution >= 0.6 is 15.9 Å². The molecule has 3 heteroatoms. The largest absolute Gasteiger partial charge is 0.392 e. The van der Waals surface area contributed by atoms with E-state index in [1.165, 1.54) is 25.0 Å². The summed E-state index contributed by atoms with van der Waals surface area (Å²) in [7, 11) is 0. The van der Waals surface area contributed by atoms with Gasteiger partial charge in [-0.1, -0.05) is 35.7 Å². The topological polar surface area (TPSA) is 20.2 Å². The molecule has 100 valence electrons. The summed E-state index contributed by atoms with van der Waals surface area (Å²) in [4.78, 5) is 0. The Kier molecular flexibility index (Phi) is 4.79. The van der Waals surface area contributed by atoms with Gasteiger partial charge in [0.1, 0.15) is 5.82 Å². The van der Waals surface area contributed by atoms with Crippen molar-refractivity contribution in [3.8, 4) is 0 Å². The van der Waals surface area contributed by atoms with E-state index in [0.717, 1.165) is 28.8 Å². The zero-order valence-electron chi connectivity index (χ0n) is 10.7. The lowest BCUT2D eigenvalue weighted by molar-refractivity contribution is 0.108. The lowest BCUT2D eigenvalue weighted by Gasteiger charge is -2.18. The number of hydrogen-bond donors (Lipinski definition) is 1. The fraction of sp³-hybridized carbons (Fsp3) is 0.600. The minimum absolute atomic E-state index is 0.246. The smallest absolute Gasteiger partial charge is 0.124 e. The maximum absolute atomic E-state index is 13.3. The fourth-order valence-corrected chi connectivity index (χ4v) is 3.48. The SMILES string of the molecule is CCC1CCC(C(O)Cc2cc(F)cc(Br)c2)C1. The van der Waals surface area contributed by atoms with Gasteiger partial charge in [0.2, 0.25) is 0 Å². The number of aliphatic hydroxyl groups is 1. The lowest BCUT2D eigenvalue weighted by atomic mass is 9.93. The van der Waals surface area contributed by atoms with Gasteiger partial charge in [-0.3, -0.25) is 0 Å². The molecule has 0 aromatic heterocycles. The Bertz CT molecular complexity index is 387. The predicted octanol–water partition coefficient (Wildman–Crippen LogP) is 4.32. The third kappa shape index (κ3) is 3.55. The molecular formula is C15H20BrFO. The summed E-state index contributed by atoms with van der Waals surface area (Å²) in [6.45, 7) is 2.21. The van der Waals surface area contributed by atoms with E-state index in [1.807, 2.05) is 6.07 Å². The summed E-state index contributed by atoms with van der Waals surface area (Å²) in [6, 6.07) is 4.84. The molecule has 0 aliphatic heterocycles. The highest BCUT2D eigenvalue weighted by Gasteiger charge is 2.28. The van der Waals surface area contributed by atoms with Crippen molar-refractivity contribution in [2.75, 3.05) is 0 Å². The average Bonchev–Trinajstić information content (AvgIpc) is 2.75. The fourth-order valence-electron chi connectivity index (χ4n) is 2.97. The third-order valence-electron chi connectivity index (χ3n) is 4.07. The quantitative estimate of drug-likeness (QED) is 0.877. The molecule has 1 aliphatic carbocycles. The van der Waals surface area contributed by atoms with Crippen LogP contribution in [-0.4, -0.2) is 11.2 Å². The van der Waals surface area contributed by atoms with Crippen molar-refractivity contribution in [1.29, 1.82) is 0 Å². The van der Waals surface area contributed by atoms with Gasteiger partial charge >= 0.3 is 0 Å². The molecule has 1 aliphatic rings. The van der Waals surface area contributed by atoms with Crippen molar-refractivity contribution < 1.29 is 9.50 Å². The summed E-state index contributed by atoms with van der Waals surface area (Å²) in [5.74, 6) is 0.908. The number of halogens is 2. The molecule has 2 rings (SSSR count). The molecule has 0 saturated heterocycles. The average molecular weight is 315 g/mol. The van der Waals surface area contributed by atoms with Gasteiger partial charge < -0.3 is 5.11 Å². The van der Waals surface area contributed by atoms with Crippen LogP contribution < -0.4 is 0 Å². The molecule has 1 aromatic carbocycles. The maximum Gasteiger partial charge on any atom is 0.124 e. The summed E-state index contributed by atoms with van der Waals surface area (Å²) < 4.78 is 14.0. The highest BCUT2D eigenvalue weighted by Crippen LogP contribution is 2.35. The first-order valence-corrected chi connectivity index (χ1v) is 7.50. The Labute approximate surface area is 117 Å². The summed E-state index contributed by atoms with van der Waals surface area (Å²) >= 11 is 3.29. The summed E-state index contributed by atoms with van der Waals surface area (Å²) in [5, 5.41) is 10.3. The Morgan fingerprint density at radius 3 is 2.78 bits per heavy atom. The van der Waals surface area contributed by atoms with Crippen LogP contribution in [0.4, 0.5) is 4.39 Å². The minimum Gasteiger partial charge on any atom is -0.392 e. The van der Waals surface area contributed by atoms with Crippen molar-refractivity contribution in [2.45, 2.75) is 45.1 Å². The molecule has 0 amide bonds. The van der Waals surface area contributed by atoms with Gasteiger partial charge in [0.15, 0.2) is 0 Å². The van der Waals surface area contributed by atoms with E-state index in [0.29, 0.717) is 12.3 Å². The van der Waals surface area contributed by atoms with Gasteiger partial charge in [-0.2, -0.15) is 0 Å². The standard InChI is InChI=1S/C15H20BrFO/c1-2-10-3-4-12(5-10)15(18)8-11-6-13(16)9-14(17)7-11/h6-7,9-10,12,15,18H,2-5,8H2,1H3.